The standard InChI is InChI=1S/C21H23NO9S2/c1-5-29-20(25)16-12(3)17(21(26)30-6-2)32-18(16)22-15(23)11-31-19(24)13-8-7-9-14(10-13)33(4,27)28/h7-10H,5-6,11H2,1-4H3,(H,22,23). The van der Waals surface area contributed by atoms with Crippen molar-refractivity contribution < 1.29 is 41.8 Å². The summed E-state index contributed by atoms with van der Waals surface area (Å²) < 4.78 is 38.2. The van der Waals surface area contributed by atoms with Gasteiger partial charge in [-0.15, -0.1) is 11.3 Å². The van der Waals surface area contributed by atoms with Crippen LogP contribution in [-0.4, -0.2) is 58.3 Å². The zero-order valence-corrected chi connectivity index (χ0v) is 20.1. The van der Waals surface area contributed by atoms with Crippen molar-refractivity contribution in [3.8, 4) is 0 Å². The molecule has 1 aromatic carbocycles. The molecule has 2 rings (SSSR count). The smallest absolute Gasteiger partial charge is 0.348 e. The molecule has 1 amide bonds. The molecule has 0 saturated heterocycles. The highest BCUT2D eigenvalue weighted by molar-refractivity contribution is 7.90. The summed E-state index contributed by atoms with van der Waals surface area (Å²) in [6.45, 7) is 4.27. The van der Waals surface area contributed by atoms with Crippen LogP contribution in [0.25, 0.3) is 0 Å². The molecule has 0 aliphatic heterocycles. The van der Waals surface area contributed by atoms with Crippen LogP contribution in [0.3, 0.4) is 0 Å². The molecule has 1 heterocycles. The average molecular weight is 498 g/mol. The number of ether oxygens (including phenoxy) is 3. The summed E-state index contributed by atoms with van der Waals surface area (Å²) in [5, 5.41) is 2.50. The molecule has 1 aromatic heterocycles. The molecule has 10 nitrogen and oxygen atoms in total. The van der Waals surface area contributed by atoms with Gasteiger partial charge in [-0.05, 0) is 44.5 Å². The van der Waals surface area contributed by atoms with Crippen molar-refractivity contribution >= 4 is 50.0 Å². The largest absolute Gasteiger partial charge is 0.462 e. The average Bonchev–Trinajstić information content (AvgIpc) is 3.07. The molecule has 178 valence electrons. The Bertz CT molecular complexity index is 1180. The number of hydrogen-bond acceptors (Lipinski definition) is 10. The Morgan fingerprint density at radius 2 is 1.61 bits per heavy atom. The Balaban J connectivity index is 2.17. The van der Waals surface area contributed by atoms with Crippen LogP contribution >= 0.6 is 11.3 Å². The molecule has 0 radical (unpaired) electrons. The highest BCUT2D eigenvalue weighted by atomic mass is 32.2. The third-order valence-corrected chi connectivity index (χ3v) is 6.47. The molecule has 0 fully saturated rings. The van der Waals surface area contributed by atoms with Crippen molar-refractivity contribution in [3.05, 3.63) is 45.8 Å². The van der Waals surface area contributed by atoms with E-state index in [0.29, 0.717) is 5.56 Å². The van der Waals surface area contributed by atoms with Crippen molar-refractivity contribution in [1.82, 2.24) is 0 Å². The minimum atomic E-state index is -3.53. The highest BCUT2D eigenvalue weighted by Crippen LogP contribution is 2.34. The normalized spacial score (nSPS) is 10.9. The molecule has 0 atom stereocenters. The predicted octanol–water partition coefficient (Wildman–Crippen LogP) is 2.61. The number of rotatable bonds is 9. The van der Waals surface area contributed by atoms with Crippen molar-refractivity contribution in [2.75, 3.05) is 31.4 Å². The molecule has 12 heteroatoms. The van der Waals surface area contributed by atoms with E-state index >= 15 is 0 Å². The van der Waals surface area contributed by atoms with Crippen LogP contribution in [-0.2, 0) is 28.8 Å². The van der Waals surface area contributed by atoms with Crippen LogP contribution < -0.4 is 5.32 Å². The molecule has 1 N–H and O–H groups in total. The van der Waals surface area contributed by atoms with E-state index in [1.165, 1.54) is 25.1 Å². The Morgan fingerprint density at radius 3 is 2.21 bits per heavy atom. The molecule has 0 saturated carbocycles. The monoisotopic (exact) mass is 497 g/mol. The first-order chi connectivity index (χ1) is 15.5. The summed E-state index contributed by atoms with van der Waals surface area (Å²) in [6.07, 6.45) is 1.000. The second-order valence-electron chi connectivity index (χ2n) is 6.63. The number of hydrogen-bond donors (Lipinski definition) is 1. The summed E-state index contributed by atoms with van der Waals surface area (Å²) in [4.78, 5) is 49.2. The van der Waals surface area contributed by atoms with E-state index in [9.17, 15) is 27.6 Å². The summed E-state index contributed by atoms with van der Waals surface area (Å²) in [6, 6.07) is 5.20. The number of benzene rings is 1. The van der Waals surface area contributed by atoms with Crippen molar-refractivity contribution in [1.29, 1.82) is 0 Å². The second kappa shape index (κ2) is 11.1. The van der Waals surface area contributed by atoms with Gasteiger partial charge in [-0.25, -0.2) is 22.8 Å². The third-order valence-electron chi connectivity index (χ3n) is 4.17. The number of carbonyl (C=O) groups excluding carboxylic acids is 4. The van der Waals surface area contributed by atoms with Crippen molar-refractivity contribution in [2.24, 2.45) is 0 Å². The van der Waals surface area contributed by atoms with Gasteiger partial charge in [-0.3, -0.25) is 4.79 Å². The van der Waals surface area contributed by atoms with Crippen LogP contribution in [0.5, 0.6) is 0 Å². The molecule has 2 aromatic rings. The highest BCUT2D eigenvalue weighted by Gasteiger charge is 2.27. The maximum atomic E-state index is 12.4. The summed E-state index contributed by atoms with van der Waals surface area (Å²) in [5.74, 6) is -3.06. The first-order valence-corrected chi connectivity index (χ1v) is 12.4. The van der Waals surface area contributed by atoms with Gasteiger partial charge in [0.15, 0.2) is 16.4 Å². The van der Waals surface area contributed by atoms with E-state index in [2.05, 4.69) is 5.32 Å². The van der Waals surface area contributed by atoms with Gasteiger partial charge in [0.05, 0.1) is 29.2 Å². The Kier molecular flexibility index (Phi) is 8.71. The van der Waals surface area contributed by atoms with E-state index in [-0.39, 0.29) is 39.1 Å². The van der Waals surface area contributed by atoms with Crippen LogP contribution in [0.1, 0.15) is 49.8 Å². The fraction of sp³-hybridized carbons (Fsp3) is 0.333. The van der Waals surface area contributed by atoms with Gasteiger partial charge in [0.25, 0.3) is 5.91 Å². The molecule has 0 unspecified atom stereocenters. The number of sulfone groups is 1. The lowest BCUT2D eigenvalue weighted by molar-refractivity contribution is -0.119. The minimum absolute atomic E-state index is 0.00503. The number of anilines is 1. The molecular formula is C21H23NO9S2. The zero-order chi connectivity index (χ0) is 24.8. The van der Waals surface area contributed by atoms with E-state index in [0.717, 1.165) is 23.7 Å². The van der Waals surface area contributed by atoms with E-state index in [4.69, 9.17) is 14.2 Å². The lowest BCUT2D eigenvalue weighted by Gasteiger charge is -2.08. The number of esters is 3. The van der Waals surface area contributed by atoms with Gasteiger partial charge in [-0.2, -0.15) is 0 Å². The van der Waals surface area contributed by atoms with Crippen molar-refractivity contribution in [3.63, 3.8) is 0 Å². The molecule has 0 bridgehead atoms. The van der Waals surface area contributed by atoms with Gasteiger partial charge in [0, 0.05) is 6.26 Å². The summed E-state index contributed by atoms with van der Waals surface area (Å²) in [5.41, 5.74) is 0.252. The Labute approximate surface area is 194 Å². The molecular weight excluding hydrogens is 474 g/mol. The second-order valence-corrected chi connectivity index (χ2v) is 9.66. The van der Waals surface area contributed by atoms with E-state index < -0.39 is 40.3 Å². The fourth-order valence-corrected chi connectivity index (χ4v) is 4.44. The van der Waals surface area contributed by atoms with Gasteiger partial charge in [0.1, 0.15) is 9.88 Å². The van der Waals surface area contributed by atoms with Crippen LogP contribution in [0.2, 0.25) is 0 Å². The van der Waals surface area contributed by atoms with Gasteiger partial charge < -0.3 is 19.5 Å². The van der Waals surface area contributed by atoms with Crippen LogP contribution in [0.4, 0.5) is 5.00 Å². The number of nitrogens with one attached hydrogen (secondary N) is 1. The summed E-state index contributed by atoms with van der Waals surface area (Å²) >= 11 is 0.838. The molecule has 0 aliphatic rings. The Hall–Kier alpha value is -3.25. The minimum Gasteiger partial charge on any atom is -0.462 e. The molecule has 0 spiro atoms. The Morgan fingerprint density at radius 1 is 0.970 bits per heavy atom. The number of amides is 1. The maximum absolute atomic E-state index is 12.4. The fourth-order valence-electron chi connectivity index (χ4n) is 2.67. The van der Waals surface area contributed by atoms with E-state index in [1.807, 2.05) is 0 Å². The number of carbonyl (C=O) groups is 4. The lowest BCUT2D eigenvalue weighted by atomic mass is 10.1. The zero-order valence-electron chi connectivity index (χ0n) is 18.4. The predicted molar refractivity (Wildman–Crippen MR) is 119 cm³/mol. The SMILES string of the molecule is CCOC(=O)c1sc(NC(=O)COC(=O)c2cccc(S(C)(=O)=O)c2)c(C(=O)OCC)c1C. The van der Waals surface area contributed by atoms with E-state index in [1.54, 1.807) is 13.8 Å². The summed E-state index contributed by atoms with van der Waals surface area (Å²) in [7, 11) is -3.53. The quantitative estimate of drug-likeness (QED) is 0.408. The van der Waals surface area contributed by atoms with Crippen LogP contribution in [0, 0.1) is 6.92 Å². The van der Waals surface area contributed by atoms with Gasteiger partial charge >= 0.3 is 17.9 Å². The number of thiophene rings is 1. The molecule has 0 aliphatic carbocycles. The first-order valence-electron chi connectivity index (χ1n) is 9.74. The molecule has 33 heavy (non-hydrogen) atoms. The van der Waals surface area contributed by atoms with Gasteiger partial charge in [-0.1, -0.05) is 6.07 Å². The van der Waals surface area contributed by atoms with Crippen molar-refractivity contribution in [2.45, 2.75) is 25.7 Å². The topological polar surface area (TPSA) is 142 Å². The first kappa shape index (κ1) is 26.0. The maximum Gasteiger partial charge on any atom is 0.348 e. The van der Waals surface area contributed by atoms with Crippen LogP contribution in [0.15, 0.2) is 29.2 Å². The lowest BCUT2D eigenvalue weighted by Crippen LogP contribution is -2.22. The third kappa shape index (κ3) is 6.62. The van der Waals surface area contributed by atoms with Gasteiger partial charge in [0.2, 0.25) is 0 Å².